The van der Waals surface area contributed by atoms with Crippen molar-refractivity contribution in [3.05, 3.63) is 35.6 Å². The number of hydrogen-bond acceptors (Lipinski definition) is 2. The third-order valence-electron chi connectivity index (χ3n) is 5.19. The van der Waals surface area contributed by atoms with Gasteiger partial charge in [0.2, 0.25) is 5.91 Å². The quantitative estimate of drug-likeness (QED) is 0.844. The van der Waals surface area contributed by atoms with Crippen molar-refractivity contribution in [2.24, 2.45) is 11.8 Å². The number of hydrogen-bond donors (Lipinski definition) is 2. The molecule has 1 fully saturated rings. The van der Waals surface area contributed by atoms with Crippen LogP contribution < -0.4 is 10.6 Å². The number of amides is 1. The van der Waals surface area contributed by atoms with Crippen molar-refractivity contribution in [3.63, 3.8) is 0 Å². The van der Waals surface area contributed by atoms with Crippen LogP contribution in [0.2, 0.25) is 0 Å². The van der Waals surface area contributed by atoms with Crippen LogP contribution in [0.5, 0.6) is 0 Å². The molecule has 1 amide bonds. The van der Waals surface area contributed by atoms with Gasteiger partial charge in [-0.05, 0) is 49.3 Å². The number of nitrogens with one attached hydrogen (secondary N) is 2. The van der Waals surface area contributed by atoms with Gasteiger partial charge in [-0.3, -0.25) is 4.79 Å². The molecular formula is C19H29FN2O. The summed E-state index contributed by atoms with van der Waals surface area (Å²) in [6.45, 7) is 7.08. The van der Waals surface area contributed by atoms with E-state index < -0.39 is 0 Å². The zero-order chi connectivity index (χ0) is 16.8. The average molecular weight is 320 g/mol. The molecule has 1 saturated carbocycles. The molecule has 0 aromatic heterocycles. The summed E-state index contributed by atoms with van der Waals surface area (Å²) in [5.41, 5.74) is 1.03. The van der Waals surface area contributed by atoms with Crippen molar-refractivity contribution in [2.75, 3.05) is 6.54 Å². The molecule has 23 heavy (non-hydrogen) atoms. The van der Waals surface area contributed by atoms with Gasteiger partial charge in [-0.2, -0.15) is 0 Å². The largest absolute Gasteiger partial charge is 0.354 e. The van der Waals surface area contributed by atoms with Crippen LogP contribution in [-0.4, -0.2) is 24.5 Å². The molecule has 2 N–H and O–H groups in total. The van der Waals surface area contributed by atoms with E-state index in [0.29, 0.717) is 18.5 Å². The normalized spacial score (nSPS) is 25.8. The van der Waals surface area contributed by atoms with Crippen LogP contribution in [0.25, 0.3) is 0 Å². The summed E-state index contributed by atoms with van der Waals surface area (Å²) in [6.07, 6.45) is 4.40. The molecule has 0 spiro atoms. The first-order valence-electron chi connectivity index (χ1n) is 8.75. The van der Waals surface area contributed by atoms with Gasteiger partial charge in [-0.25, -0.2) is 4.39 Å². The van der Waals surface area contributed by atoms with E-state index in [0.717, 1.165) is 24.3 Å². The fourth-order valence-electron chi connectivity index (χ4n) is 3.35. The van der Waals surface area contributed by atoms with Gasteiger partial charge < -0.3 is 10.6 Å². The number of carbonyl (C=O) groups is 1. The lowest BCUT2D eigenvalue weighted by Crippen LogP contribution is -2.50. The Kier molecular flexibility index (Phi) is 6.58. The molecule has 4 atom stereocenters. The van der Waals surface area contributed by atoms with E-state index in [1.807, 2.05) is 6.92 Å². The van der Waals surface area contributed by atoms with E-state index in [9.17, 15) is 9.18 Å². The standard InChI is InChI=1S/C19H29FN2O/c1-13-5-4-6-18(14(13)2)22-15(3)19(23)21-12-11-16-7-9-17(20)10-8-16/h7-10,13-15,18,22H,4-6,11-12H2,1-3H3,(H,21,23). The summed E-state index contributed by atoms with van der Waals surface area (Å²) in [5, 5.41) is 6.46. The summed E-state index contributed by atoms with van der Waals surface area (Å²) in [7, 11) is 0. The molecule has 1 aliphatic rings. The van der Waals surface area contributed by atoms with Crippen molar-refractivity contribution in [1.82, 2.24) is 10.6 Å². The minimum Gasteiger partial charge on any atom is -0.354 e. The van der Waals surface area contributed by atoms with Crippen molar-refractivity contribution >= 4 is 5.91 Å². The smallest absolute Gasteiger partial charge is 0.236 e. The SMILES string of the molecule is CC(NC1CCCC(C)C1C)C(=O)NCCc1ccc(F)cc1. The molecule has 0 radical (unpaired) electrons. The Bertz CT molecular complexity index is 503. The van der Waals surface area contributed by atoms with E-state index in [-0.39, 0.29) is 17.8 Å². The third-order valence-corrected chi connectivity index (χ3v) is 5.19. The Morgan fingerprint density at radius 2 is 1.96 bits per heavy atom. The van der Waals surface area contributed by atoms with Gasteiger partial charge in [0, 0.05) is 12.6 Å². The fraction of sp³-hybridized carbons (Fsp3) is 0.632. The van der Waals surface area contributed by atoms with Crippen molar-refractivity contribution < 1.29 is 9.18 Å². The van der Waals surface area contributed by atoms with Gasteiger partial charge in [0.25, 0.3) is 0 Å². The Morgan fingerprint density at radius 3 is 2.65 bits per heavy atom. The molecule has 3 nitrogen and oxygen atoms in total. The molecule has 128 valence electrons. The van der Waals surface area contributed by atoms with Crippen LogP contribution in [0.1, 0.15) is 45.6 Å². The molecule has 0 heterocycles. The van der Waals surface area contributed by atoms with E-state index in [1.54, 1.807) is 12.1 Å². The Hall–Kier alpha value is -1.42. The molecule has 1 aromatic rings. The predicted molar refractivity (Wildman–Crippen MR) is 91.7 cm³/mol. The zero-order valence-corrected chi connectivity index (χ0v) is 14.4. The molecule has 0 bridgehead atoms. The molecule has 4 unspecified atom stereocenters. The molecule has 0 saturated heterocycles. The van der Waals surface area contributed by atoms with Crippen LogP contribution in [0, 0.1) is 17.7 Å². The summed E-state index contributed by atoms with van der Waals surface area (Å²) in [4.78, 5) is 12.2. The lowest BCUT2D eigenvalue weighted by molar-refractivity contribution is -0.123. The van der Waals surface area contributed by atoms with Gasteiger partial charge in [0.15, 0.2) is 0 Å². The Balaban J connectivity index is 1.73. The van der Waals surface area contributed by atoms with E-state index in [2.05, 4.69) is 24.5 Å². The summed E-state index contributed by atoms with van der Waals surface area (Å²) < 4.78 is 12.8. The second-order valence-corrected chi connectivity index (χ2v) is 6.93. The molecule has 4 heteroatoms. The maximum absolute atomic E-state index is 12.8. The van der Waals surface area contributed by atoms with Crippen LogP contribution in [0.4, 0.5) is 4.39 Å². The van der Waals surface area contributed by atoms with Crippen LogP contribution in [-0.2, 0) is 11.2 Å². The summed E-state index contributed by atoms with van der Waals surface area (Å²) in [6, 6.07) is 6.67. The maximum Gasteiger partial charge on any atom is 0.236 e. The highest BCUT2D eigenvalue weighted by Gasteiger charge is 2.29. The van der Waals surface area contributed by atoms with Gasteiger partial charge in [0.1, 0.15) is 5.82 Å². The second-order valence-electron chi connectivity index (χ2n) is 6.93. The van der Waals surface area contributed by atoms with Crippen molar-refractivity contribution in [1.29, 1.82) is 0 Å². The topological polar surface area (TPSA) is 41.1 Å². The van der Waals surface area contributed by atoms with Gasteiger partial charge in [0.05, 0.1) is 6.04 Å². The summed E-state index contributed by atoms with van der Waals surface area (Å²) >= 11 is 0. The number of halogens is 1. The first-order valence-corrected chi connectivity index (χ1v) is 8.75. The maximum atomic E-state index is 12.8. The Labute approximate surface area is 139 Å². The highest BCUT2D eigenvalue weighted by atomic mass is 19.1. The Morgan fingerprint density at radius 1 is 1.26 bits per heavy atom. The zero-order valence-electron chi connectivity index (χ0n) is 14.4. The molecule has 1 aromatic carbocycles. The number of rotatable bonds is 6. The third kappa shape index (κ3) is 5.31. The summed E-state index contributed by atoms with van der Waals surface area (Å²) in [5.74, 6) is 1.14. The van der Waals surface area contributed by atoms with E-state index in [1.165, 1.54) is 25.0 Å². The van der Waals surface area contributed by atoms with Crippen LogP contribution in [0.15, 0.2) is 24.3 Å². The van der Waals surface area contributed by atoms with Crippen LogP contribution in [0.3, 0.4) is 0 Å². The number of benzene rings is 1. The van der Waals surface area contributed by atoms with Crippen molar-refractivity contribution in [2.45, 2.75) is 58.5 Å². The molecule has 1 aliphatic carbocycles. The second kappa shape index (κ2) is 8.44. The highest BCUT2D eigenvalue weighted by Crippen LogP contribution is 2.29. The lowest BCUT2D eigenvalue weighted by Gasteiger charge is -2.36. The average Bonchev–Trinajstić information content (AvgIpc) is 2.53. The first-order chi connectivity index (χ1) is 11.0. The van der Waals surface area contributed by atoms with Gasteiger partial charge in [-0.1, -0.05) is 38.8 Å². The van der Waals surface area contributed by atoms with E-state index >= 15 is 0 Å². The van der Waals surface area contributed by atoms with Crippen molar-refractivity contribution in [3.8, 4) is 0 Å². The van der Waals surface area contributed by atoms with Gasteiger partial charge in [-0.15, -0.1) is 0 Å². The minimum absolute atomic E-state index is 0.0394. The minimum atomic E-state index is -0.230. The number of carbonyl (C=O) groups excluding carboxylic acids is 1. The van der Waals surface area contributed by atoms with E-state index in [4.69, 9.17) is 0 Å². The first kappa shape index (κ1) is 17.9. The van der Waals surface area contributed by atoms with Gasteiger partial charge >= 0.3 is 0 Å². The lowest BCUT2D eigenvalue weighted by atomic mass is 9.78. The molecule has 0 aliphatic heterocycles. The highest BCUT2D eigenvalue weighted by molar-refractivity contribution is 5.81. The molecular weight excluding hydrogens is 291 g/mol. The monoisotopic (exact) mass is 320 g/mol. The predicted octanol–water partition coefficient (Wildman–Crippen LogP) is 3.29. The van der Waals surface area contributed by atoms with Crippen LogP contribution >= 0.6 is 0 Å². The fourth-order valence-corrected chi connectivity index (χ4v) is 3.35. The molecule has 2 rings (SSSR count).